The van der Waals surface area contributed by atoms with E-state index in [1.54, 1.807) is 0 Å². The number of nitrogen functional groups attached to an aromatic ring is 1. The zero-order valence-electron chi connectivity index (χ0n) is 10.3. The summed E-state index contributed by atoms with van der Waals surface area (Å²) in [6.45, 7) is -0.984. The molecule has 0 aromatic carbocycles. The number of nitrogens with zero attached hydrogens (tertiary/aromatic N) is 2. The number of carbonyl (C=O) groups is 1. The molecule has 1 amide bonds. The number of aromatic nitrogens is 1. The number of pyridine rings is 1. The van der Waals surface area contributed by atoms with Crippen molar-refractivity contribution in [3.05, 3.63) is 24.0 Å². The van der Waals surface area contributed by atoms with E-state index in [0.29, 0.717) is 0 Å². The Labute approximate surface area is 112 Å². The van der Waals surface area contributed by atoms with Crippen LogP contribution in [0.5, 0.6) is 0 Å². The highest BCUT2D eigenvalue weighted by Gasteiger charge is 2.57. The van der Waals surface area contributed by atoms with Gasteiger partial charge in [0.1, 0.15) is 0 Å². The number of carbonyl (C=O) groups excluding carboxylic acids is 1. The minimum absolute atomic E-state index is 0.0569. The second-order valence-corrected chi connectivity index (χ2v) is 4.57. The molecule has 1 fully saturated rings. The maximum Gasteiger partial charge on any atom is 0.419 e. The minimum atomic E-state index is -4.77. The quantitative estimate of drug-likeness (QED) is 0.545. The number of anilines is 1. The van der Waals surface area contributed by atoms with Crippen molar-refractivity contribution >= 4 is 11.6 Å². The van der Waals surface area contributed by atoms with Crippen molar-refractivity contribution in [2.75, 3.05) is 18.5 Å². The number of nitrogens with two attached hydrogens (primary N) is 1. The monoisotopic (exact) mass is 290 g/mol. The number of hydrogen-bond donors (Lipinski definition) is 3. The molecule has 9 heteroatoms. The van der Waals surface area contributed by atoms with Gasteiger partial charge in [-0.2, -0.15) is 13.2 Å². The summed E-state index contributed by atoms with van der Waals surface area (Å²) in [7, 11) is 0. The van der Waals surface area contributed by atoms with Crippen molar-refractivity contribution in [2.45, 2.75) is 18.2 Å². The number of halogens is 3. The molecule has 1 atom stereocenters. The minimum Gasteiger partial charge on any atom is -0.379 e. The second-order valence-electron chi connectivity index (χ2n) is 4.57. The standard InChI is InChI=1S/C11H13F3N4O2/c12-11(13,14)10(20)2-4-18(6-10)9(19)7-5-16-3-1-8(7)17-15/h1,3,5,20H,2,4,6,15H2,(H,16,17). The van der Waals surface area contributed by atoms with Crippen LogP contribution in [-0.4, -0.2) is 45.8 Å². The highest BCUT2D eigenvalue weighted by atomic mass is 19.4. The van der Waals surface area contributed by atoms with Gasteiger partial charge in [0.25, 0.3) is 5.91 Å². The normalized spacial score (nSPS) is 22.9. The molecule has 2 heterocycles. The number of nitrogens with one attached hydrogen (secondary N) is 1. The average Bonchev–Trinajstić information content (AvgIpc) is 2.81. The molecule has 110 valence electrons. The van der Waals surface area contributed by atoms with Crippen LogP contribution in [0.4, 0.5) is 18.9 Å². The van der Waals surface area contributed by atoms with E-state index in [1.165, 1.54) is 18.5 Å². The first-order valence-corrected chi connectivity index (χ1v) is 5.77. The summed E-state index contributed by atoms with van der Waals surface area (Å²) in [6, 6.07) is 1.43. The Balaban J connectivity index is 2.20. The summed E-state index contributed by atoms with van der Waals surface area (Å²) in [5.41, 5.74) is -0.267. The lowest BCUT2D eigenvalue weighted by Crippen LogP contribution is -2.48. The van der Waals surface area contributed by atoms with Crippen molar-refractivity contribution in [1.29, 1.82) is 0 Å². The molecule has 2 rings (SSSR count). The van der Waals surface area contributed by atoms with Gasteiger partial charge in [0, 0.05) is 25.4 Å². The maximum absolute atomic E-state index is 12.7. The molecule has 1 aromatic heterocycles. The summed E-state index contributed by atoms with van der Waals surface area (Å²) in [5.74, 6) is 4.57. The summed E-state index contributed by atoms with van der Waals surface area (Å²) in [4.78, 5) is 16.8. The molecule has 4 N–H and O–H groups in total. The Bertz CT molecular complexity index is 523. The van der Waals surface area contributed by atoms with Gasteiger partial charge in [0.05, 0.1) is 17.8 Å². The van der Waals surface area contributed by atoms with Gasteiger partial charge < -0.3 is 15.4 Å². The van der Waals surface area contributed by atoms with Crippen LogP contribution >= 0.6 is 0 Å². The molecule has 0 bridgehead atoms. The van der Waals surface area contributed by atoms with Crippen LogP contribution in [0.1, 0.15) is 16.8 Å². The molecule has 1 aliphatic rings. The topological polar surface area (TPSA) is 91.5 Å². The third-order valence-corrected chi connectivity index (χ3v) is 3.27. The Kier molecular flexibility index (Phi) is 3.57. The van der Waals surface area contributed by atoms with Gasteiger partial charge in [0.2, 0.25) is 0 Å². The highest BCUT2D eigenvalue weighted by Crippen LogP contribution is 2.38. The first kappa shape index (κ1) is 14.5. The third kappa shape index (κ3) is 2.41. The second kappa shape index (κ2) is 4.91. The summed E-state index contributed by atoms with van der Waals surface area (Å²) in [5, 5.41) is 9.55. The van der Waals surface area contributed by atoms with Gasteiger partial charge in [0.15, 0.2) is 5.60 Å². The molecule has 20 heavy (non-hydrogen) atoms. The lowest BCUT2D eigenvalue weighted by molar-refractivity contribution is -0.253. The summed E-state index contributed by atoms with van der Waals surface area (Å²) < 4.78 is 38.1. The fourth-order valence-corrected chi connectivity index (χ4v) is 2.06. The van der Waals surface area contributed by atoms with Gasteiger partial charge in [-0.1, -0.05) is 0 Å². The van der Waals surface area contributed by atoms with Crippen LogP contribution in [0.15, 0.2) is 18.5 Å². The maximum atomic E-state index is 12.7. The van der Waals surface area contributed by atoms with Crippen molar-refractivity contribution < 1.29 is 23.1 Å². The van der Waals surface area contributed by atoms with Crippen molar-refractivity contribution in [2.24, 2.45) is 5.84 Å². The van der Waals surface area contributed by atoms with E-state index in [4.69, 9.17) is 5.84 Å². The van der Waals surface area contributed by atoms with Crippen LogP contribution in [0.25, 0.3) is 0 Å². The highest BCUT2D eigenvalue weighted by molar-refractivity contribution is 5.99. The Morgan fingerprint density at radius 3 is 2.80 bits per heavy atom. The number of amides is 1. The summed E-state index contributed by atoms with van der Waals surface area (Å²) in [6.07, 6.45) is -2.72. The average molecular weight is 290 g/mol. The van der Waals surface area contributed by atoms with Crippen molar-refractivity contribution in [1.82, 2.24) is 9.88 Å². The molecule has 1 aromatic rings. The van der Waals surface area contributed by atoms with Crippen LogP contribution in [0.3, 0.4) is 0 Å². The first-order valence-electron chi connectivity index (χ1n) is 5.77. The molecule has 0 radical (unpaired) electrons. The predicted molar refractivity (Wildman–Crippen MR) is 63.6 cm³/mol. The Hall–Kier alpha value is -1.87. The zero-order valence-corrected chi connectivity index (χ0v) is 10.3. The number of hydrazine groups is 1. The number of β-amino-alcohol motifs (C(OH)–C–C–N with tert-alkyl or cyclic N) is 1. The Morgan fingerprint density at radius 2 is 2.25 bits per heavy atom. The predicted octanol–water partition coefficient (Wildman–Crippen LogP) is 0.506. The molecule has 0 spiro atoms. The summed E-state index contributed by atoms with van der Waals surface area (Å²) >= 11 is 0. The van der Waals surface area contributed by atoms with Crippen LogP contribution in [0, 0.1) is 0 Å². The number of aliphatic hydroxyl groups is 1. The van der Waals surface area contributed by atoms with Gasteiger partial charge in [-0.25, -0.2) is 0 Å². The number of rotatable bonds is 2. The van der Waals surface area contributed by atoms with Crippen molar-refractivity contribution in [3.63, 3.8) is 0 Å². The fourth-order valence-electron chi connectivity index (χ4n) is 2.06. The van der Waals surface area contributed by atoms with E-state index in [1.807, 2.05) is 0 Å². The van der Waals surface area contributed by atoms with E-state index in [9.17, 15) is 23.1 Å². The lowest BCUT2D eigenvalue weighted by atomic mass is 10.0. The lowest BCUT2D eigenvalue weighted by Gasteiger charge is -2.26. The molecular formula is C11H13F3N4O2. The van der Waals surface area contributed by atoms with Crippen molar-refractivity contribution in [3.8, 4) is 0 Å². The third-order valence-electron chi connectivity index (χ3n) is 3.27. The Morgan fingerprint density at radius 1 is 1.55 bits per heavy atom. The van der Waals surface area contributed by atoms with Crippen LogP contribution < -0.4 is 11.3 Å². The number of alkyl halides is 3. The molecular weight excluding hydrogens is 277 g/mol. The van der Waals surface area contributed by atoms with E-state index in [0.717, 1.165) is 4.90 Å². The smallest absolute Gasteiger partial charge is 0.379 e. The molecule has 1 saturated heterocycles. The number of hydrogen-bond acceptors (Lipinski definition) is 5. The molecule has 1 unspecified atom stereocenters. The number of likely N-dealkylation sites (tertiary alicyclic amines) is 1. The van der Waals surface area contributed by atoms with Gasteiger partial charge in [-0.05, 0) is 6.07 Å². The fraction of sp³-hybridized carbons (Fsp3) is 0.455. The molecule has 6 nitrogen and oxygen atoms in total. The van der Waals surface area contributed by atoms with E-state index in [-0.39, 0.29) is 17.8 Å². The van der Waals surface area contributed by atoms with Crippen LogP contribution in [0.2, 0.25) is 0 Å². The molecule has 0 saturated carbocycles. The first-order chi connectivity index (χ1) is 9.28. The van der Waals surface area contributed by atoms with Gasteiger partial charge in [-0.15, -0.1) is 0 Å². The molecule has 1 aliphatic heterocycles. The largest absolute Gasteiger partial charge is 0.419 e. The SMILES string of the molecule is NNc1ccncc1C(=O)N1CCC(O)(C(F)(F)F)C1. The van der Waals surface area contributed by atoms with E-state index < -0.39 is 30.7 Å². The van der Waals surface area contributed by atoms with Gasteiger partial charge >= 0.3 is 6.18 Å². The molecule has 0 aliphatic carbocycles. The zero-order chi connectivity index (χ0) is 15.0. The van der Waals surface area contributed by atoms with E-state index >= 15 is 0 Å². The van der Waals surface area contributed by atoms with Gasteiger partial charge in [-0.3, -0.25) is 15.6 Å². The van der Waals surface area contributed by atoms with Crippen LogP contribution in [-0.2, 0) is 0 Å². The van der Waals surface area contributed by atoms with E-state index in [2.05, 4.69) is 10.4 Å².